The van der Waals surface area contributed by atoms with Crippen LogP contribution in [0.4, 0.5) is 0 Å². The molecule has 0 saturated heterocycles. The molecule has 0 bridgehead atoms. The minimum Gasteiger partial charge on any atom is -0.307 e. The fraction of sp³-hybridized carbons (Fsp3) is 0.529. The van der Waals surface area contributed by atoms with Crippen molar-refractivity contribution >= 4 is 44.7 Å². The highest BCUT2D eigenvalue weighted by Crippen LogP contribution is 2.63. The Labute approximate surface area is 145 Å². The van der Waals surface area contributed by atoms with E-state index in [2.05, 4.69) is 63.8 Å². The van der Waals surface area contributed by atoms with E-state index in [4.69, 9.17) is 16.7 Å². The molecule has 1 aromatic heterocycles. The molecule has 0 radical (unpaired) electrons. The zero-order chi connectivity index (χ0) is 16.7. The number of aromatic nitrogens is 1. The van der Waals surface area contributed by atoms with E-state index < -0.39 is 10.2 Å². The van der Waals surface area contributed by atoms with Gasteiger partial charge in [0.15, 0.2) is 0 Å². The van der Waals surface area contributed by atoms with Crippen LogP contribution in [0.2, 0.25) is 5.02 Å². The van der Waals surface area contributed by atoms with Crippen molar-refractivity contribution in [2.24, 2.45) is 5.14 Å². The summed E-state index contributed by atoms with van der Waals surface area (Å²) in [6, 6.07) is 6.32. The van der Waals surface area contributed by atoms with Crippen LogP contribution < -0.4 is 5.14 Å². The third kappa shape index (κ3) is 2.68. The Hall–Kier alpha value is -0.290. The van der Waals surface area contributed by atoms with Crippen molar-refractivity contribution in [2.75, 3.05) is 0 Å². The van der Waals surface area contributed by atoms with Crippen molar-refractivity contribution in [1.82, 2.24) is 3.97 Å². The average molecular weight is 359 g/mol. The first-order chi connectivity index (χ1) is 10.3. The van der Waals surface area contributed by atoms with E-state index in [0.29, 0.717) is 15.7 Å². The molecular formula is C17H27ClN2S2. The van der Waals surface area contributed by atoms with E-state index in [0.717, 1.165) is 15.3 Å². The summed E-state index contributed by atoms with van der Waals surface area (Å²) in [5.41, 5.74) is 1.21. The van der Waals surface area contributed by atoms with Gasteiger partial charge in [0, 0.05) is 32.2 Å². The first-order valence-corrected chi connectivity index (χ1v) is 10.8. The van der Waals surface area contributed by atoms with Gasteiger partial charge in [-0.3, -0.25) is 5.14 Å². The van der Waals surface area contributed by atoms with Crippen molar-refractivity contribution in [1.29, 1.82) is 0 Å². The summed E-state index contributed by atoms with van der Waals surface area (Å²) >= 11 is 7.84. The Balaban J connectivity index is 2.84. The maximum atomic E-state index is 6.55. The van der Waals surface area contributed by atoms with Gasteiger partial charge in [-0.1, -0.05) is 59.2 Å². The number of hydrogen-bond donors (Lipinski definition) is 1. The van der Waals surface area contributed by atoms with Gasteiger partial charge in [0.2, 0.25) is 0 Å². The second-order valence-corrected chi connectivity index (χ2v) is 12.3. The van der Waals surface area contributed by atoms with Gasteiger partial charge in [0.05, 0.1) is 10.5 Å². The van der Waals surface area contributed by atoms with E-state index in [1.54, 1.807) is 0 Å². The lowest BCUT2D eigenvalue weighted by Crippen LogP contribution is -2.33. The number of nitrogens with zero attached hydrogens (tertiary/aromatic N) is 1. The summed E-state index contributed by atoms with van der Waals surface area (Å²) in [6.45, 7) is 14.1. The van der Waals surface area contributed by atoms with Crippen molar-refractivity contribution in [3.05, 3.63) is 29.4 Å². The first-order valence-electron chi connectivity index (χ1n) is 7.74. The normalized spacial score (nSPS) is 13.8. The summed E-state index contributed by atoms with van der Waals surface area (Å²) in [7, 11) is -1.07. The van der Waals surface area contributed by atoms with Gasteiger partial charge in [-0.15, -0.1) is 0 Å². The summed E-state index contributed by atoms with van der Waals surface area (Å²) in [5, 5.41) is 9.46. The fourth-order valence-corrected chi connectivity index (χ4v) is 9.84. The molecule has 124 valence electrons. The Morgan fingerprint density at radius 1 is 1.05 bits per heavy atom. The smallest absolute Gasteiger partial charge is 0.0671 e. The predicted octanol–water partition coefficient (Wildman–Crippen LogP) is 6.05. The summed E-state index contributed by atoms with van der Waals surface area (Å²) < 4.78 is 2.49. The fourth-order valence-electron chi connectivity index (χ4n) is 3.79. The molecule has 22 heavy (non-hydrogen) atoms. The van der Waals surface area contributed by atoms with Gasteiger partial charge in [-0.2, -0.15) is 10.2 Å². The van der Waals surface area contributed by atoms with Gasteiger partial charge >= 0.3 is 0 Å². The van der Waals surface area contributed by atoms with Crippen LogP contribution in [0.15, 0.2) is 29.3 Å². The quantitative estimate of drug-likeness (QED) is 0.659. The highest BCUT2D eigenvalue weighted by molar-refractivity contribution is 8.33. The highest BCUT2D eigenvalue weighted by atomic mass is 35.5. The standard InChI is InChI=1S/C17H27ClN2S2/c1-11(2)22(12(3)4,13(5)6)20-10-16(18)15-8-7-14(21-19)9-17(15)20/h7-13H,19H2,1-6H3. The summed E-state index contributed by atoms with van der Waals surface area (Å²) in [5.74, 6) is 0. The van der Waals surface area contributed by atoms with Gasteiger partial charge in [-0.05, 0) is 24.1 Å². The first kappa shape index (κ1) is 18.1. The molecule has 2 rings (SSSR count). The van der Waals surface area contributed by atoms with Crippen LogP contribution in [0.25, 0.3) is 10.9 Å². The van der Waals surface area contributed by atoms with E-state index in [9.17, 15) is 0 Å². The molecule has 0 spiro atoms. The van der Waals surface area contributed by atoms with Crippen molar-refractivity contribution in [3.8, 4) is 0 Å². The van der Waals surface area contributed by atoms with Crippen LogP contribution in [-0.2, 0) is 0 Å². The van der Waals surface area contributed by atoms with Crippen LogP contribution in [0, 0.1) is 0 Å². The van der Waals surface area contributed by atoms with Crippen molar-refractivity contribution in [3.63, 3.8) is 0 Å². The Morgan fingerprint density at radius 2 is 1.59 bits per heavy atom. The molecule has 1 aromatic carbocycles. The van der Waals surface area contributed by atoms with E-state index in [1.165, 1.54) is 17.5 Å². The molecule has 0 amide bonds. The average Bonchev–Trinajstić information content (AvgIpc) is 2.75. The van der Waals surface area contributed by atoms with E-state index in [1.807, 2.05) is 6.07 Å². The third-order valence-electron chi connectivity index (χ3n) is 4.44. The molecule has 0 aliphatic carbocycles. The minimum atomic E-state index is -1.07. The lowest BCUT2D eigenvalue weighted by Gasteiger charge is -2.52. The Morgan fingerprint density at radius 3 is 2.05 bits per heavy atom. The van der Waals surface area contributed by atoms with Gasteiger partial charge in [0.25, 0.3) is 0 Å². The van der Waals surface area contributed by atoms with Gasteiger partial charge < -0.3 is 3.97 Å². The lowest BCUT2D eigenvalue weighted by atomic mass is 10.2. The number of fused-ring (bicyclic) bond motifs is 1. The molecule has 2 aromatic rings. The largest absolute Gasteiger partial charge is 0.307 e. The summed E-state index contributed by atoms with van der Waals surface area (Å²) in [4.78, 5) is 1.08. The molecule has 0 aliphatic heterocycles. The van der Waals surface area contributed by atoms with Gasteiger partial charge in [0.1, 0.15) is 0 Å². The molecular weight excluding hydrogens is 332 g/mol. The maximum Gasteiger partial charge on any atom is 0.0671 e. The second-order valence-electron chi connectivity index (χ2n) is 6.47. The Kier molecular flexibility index (Phi) is 5.48. The number of rotatable bonds is 5. The zero-order valence-corrected chi connectivity index (χ0v) is 16.6. The SMILES string of the molecule is CC(C)S(C(C)C)(C(C)C)n1cc(Cl)c2ccc(SN)cc21. The van der Waals surface area contributed by atoms with Crippen LogP contribution in [-0.4, -0.2) is 19.7 Å². The molecule has 0 unspecified atom stereocenters. The topological polar surface area (TPSA) is 30.9 Å². The number of halogens is 1. The molecule has 0 atom stereocenters. The number of nitrogens with two attached hydrogens (primary N) is 1. The summed E-state index contributed by atoms with van der Waals surface area (Å²) in [6.07, 6.45) is 2.15. The monoisotopic (exact) mass is 358 g/mol. The molecule has 0 aliphatic rings. The van der Waals surface area contributed by atoms with E-state index in [-0.39, 0.29) is 0 Å². The van der Waals surface area contributed by atoms with Crippen LogP contribution in [0.1, 0.15) is 41.5 Å². The van der Waals surface area contributed by atoms with Crippen LogP contribution in [0.5, 0.6) is 0 Å². The van der Waals surface area contributed by atoms with Crippen molar-refractivity contribution < 1.29 is 0 Å². The molecule has 2 nitrogen and oxygen atoms in total. The van der Waals surface area contributed by atoms with Crippen LogP contribution in [0.3, 0.4) is 0 Å². The second kappa shape index (κ2) is 6.68. The molecule has 2 N–H and O–H groups in total. The predicted molar refractivity (Wildman–Crippen MR) is 105 cm³/mol. The minimum absolute atomic E-state index is 0.577. The maximum absolute atomic E-state index is 6.55. The molecule has 1 heterocycles. The molecule has 5 heteroatoms. The van der Waals surface area contributed by atoms with Crippen molar-refractivity contribution in [2.45, 2.75) is 62.2 Å². The number of hydrogen-bond acceptors (Lipinski definition) is 2. The number of benzene rings is 1. The molecule has 0 saturated carbocycles. The zero-order valence-electron chi connectivity index (χ0n) is 14.3. The highest BCUT2D eigenvalue weighted by Gasteiger charge is 2.37. The van der Waals surface area contributed by atoms with Crippen LogP contribution >= 0.6 is 33.8 Å². The Bertz CT molecular complexity index is 640. The lowest BCUT2D eigenvalue weighted by molar-refractivity contribution is 0.914. The van der Waals surface area contributed by atoms with E-state index >= 15 is 0 Å². The van der Waals surface area contributed by atoms with Gasteiger partial charge in [-0.25, -0.2) is 0 Å². The molecule has 0 fully saturated rings. The third-order valence-corrected chi connectivity index (χ3v) is 10.8.